The summed E-state index contributed by atoms with van der Waals surface area (Å²) in [6, 6.07) is 8.36. The lowest BCUT2D eigenvalue weighted by Crippen LogP contribution is -2.41. The van der Waals surface area contributed by atoms with Crippen LogP contribution in [0.5, 0.6) is 0 Å². The number of amides is 1. The quantitative estimate of drug-likeness (QED) is 0.771. The number of aromatic nitrogens is 2. The Morgan fingerprint density at radius 1 is 1.18 bits per heavy atom. The molecule has 2 fully saturated rings. The Hall–Kier alpha value is -2.18. The van der Waals surface area contributed by atoms with Gasteiger partial charge in [-0.25, -0.2) is 0 Å². The number of hydrogen-bond donors (Lipinski definition) is 0. The molecule has 1 unspecified atom stereocenters. The predicted octanol–water partition coefficient (Wildman–Crippen LogP) is 2.72. The standard InChI is InChI=1S/C22H30N4O2/c27-22(25-12-14-28-15-13-25)8-7-19-4-2-10-24(17-19)18-21-6-3-11-26(21)20-5-1-9-23-16-20/h1,3,5-6,9,11,16,19H,2,4,7-8,10,12-15,17-18H2. The lowest BCUT2D eigenvalue weighted by molar-refractivity contribution is -0.135. The molecule has 6 heteroatoms. The zero-order chi connectivity index (χ0) is 19.2. The van der Waals surface area contributed by atoms with Crippen molar-refractivity contribution in [2.75, 3.05) is 39.4 Å². The van der Waals surface area contributed by atoms with E-state index in [0.29, 0.717) is 31.5 Å². The molecular formula is C22H30N4O2. The van der Waals surface area contributed by atoms with Gasteiger partial charge >= 0.3 is 0 Å². The van der Waals surface area contributed by atoms with Crippen LogP contribution in [0.3, 0.4) is 0 Å². The fourth-order valence-electron chi connectivity index (χ4n) is 4.35. The third-order valence-corrected chi connectivity index (χ3v) is 5.88. The van der Waals surface area contributed by atoms with Crippen LogP contribution in [-0.2, 0) is 16.1 Å². The Morgan fingerprint density at radius 2 is 2.07 bits per heavy atom. The van der Waals surface area contributed by atoms with Gasteiger partial charge in [-0.2, -0.15) is 0 Å². The first-order chi connectivity index (χ1) is 13.8. The van der Waals surface area contributed by atoms with E-state index in [-0.39, 0.29) is 0 Å². The van der Waals surface area contributed by atoms with E-state index in [9.17, 15) is 4.79 Å². The number of ether oxygens (including phenoxy) is 1. The highest BCUT2D eigenvalue weighted by Crippen LogP contribution is 2.24. The molecule has 0 aromatic carbocycles. The molecule has 2 saturated heterocycles. The van der Waals surface area contributed by atoms with Crippen molar-refractivity contribution in [1.82, 2.24) is 19.4 Å². The van der Waals surface area contributed by atoms with Gasteiger partial charge in [-0.05, 0) is 56.0 Å². The van der Waals surface area contributed by atoms with Crippen LogP contribution < -0.4 is 0 Å². The fourth-order valence-corrected chi connectivity index (χ4v) is 4.35. The molecule has 4 rings (SSSR count). The van der Waals surface area contributed by atoms with Crippen molar-refractivity contribution in [3.05, 3.63) is 48.5 Å². The highest BCUT2D eigenvalue weighted by molar-refractivity contribution is 5.76. The molecule has 2 aliphatic rings. The average molecular weight is 383 g/mol. The molecule has 28 heavy (non-hydrogen) atoms. The van der Waals surface area contributed by atoms with Crippen LogP contribution in [0.2, 0.25) is 0 Å². The lowest BCUT2D eigenvalue weighted by Gasteiger charge is -2.33. The van der Waals surface area contributed by atoms with Crippen molar-refractivity contribution in [3.63, 3.8) is 0 Å². The molecule has 4 heterocycles. The van der Waals surface area contributed by atoms with E-state index in [1.807, 2.05) is 17.2 Å². The first-order valence-corrected chi connectivity index (χ1v) is 10.4. The van der Waals surface area contributed by atoms with Crippen LogP contribution >= 0.6 is 0 Å². The molecular weight excluding hydrogens is 352 g/mol. The maximum atomic E-state index is 12.4. The smallest absolute Gasteiger partial charge is 0.222 e. The van der Waals surface area contributed by atoms with E-state index in [4.69, 9.17) is 4.74 Å². The molecule has 1 amide bonds. The zero-order valence-corrected chi connectivity index (χ0v) is 16.5. The summed E-state index contributed by atoms with van der Waals surface area (Å²) in [6.07, 6.45) is 9.93. The van der Waals surface area contributed by atoms with E-state index in [1.54, 1.807) is 6.20 Å². The highest BCUT2D eigenvalue weighted by Gasteiger charge is 2.23. The molecule has 150 valence electrons. The minimum absolute atomic E-state index is 0.297. The van der Waals surface area contributed by atoms with E-state index in [2.05, 4.69) is 38.8 Å². The molecule has 0 bridgehead atoms. The Kier molecular flexibility index (Phi) is 6.39. The molecule has 0 spiro atoms. The van der Waals surface area contributed by atoms with Crippen LogP contribution in [0.4, 0.5) is 0 Å². The zero-order valence-electron chi connectivity index (χ0n) is 16.5. The second-order valence-corrected chi connectivity index (χ2v) is 7.86. The van der Waals surface area contributed by atoms with Gasteiger partial charge in [0.25, 0.3) is 0 Å². The third kappa shape index (κ3) is 4.80. The van der Waals surface area contributed by atoms with Crippen LogP contribution in [0.25, 0.3) is 5.69 Å². The lowest BCUT2D eigenvalue weighted by atomic mass is 9.93. The summed E-state index contributed by atoms with van der Waals surface area (Å²) in [6.45, 7) is 6.01. The van der Waals surface area contributed by atoms with Gasteiger partial charge in [-0.3, -0.25) is 14.7 Å². The van der Waals surface area contributed by atoms with Gasteiger partial charge in [0.05, 0.1) is 25.1 Å². The summed E-state index contributed by atoms with van der Waals surface area (Å²) in [5.74, 6) is 0.909. The van der Waals surface area contributed by atoms with Crippen molar-refractivity contribution < 1.29 is 9.53 Å². The summed E-state index contributed by atoms with van der Waals surface area (Å²) in [4.78, 5) is 21.2. The summed E-state index contributed by atoms with van der Waals surface area (Å²) in [7, 11) is 0. The number of likely N-dealkylation sites (tertiary alicyclic amines) is 1. The summed E-state index contributed by atoms with van der Waals surface area (Å²) >= 11 is 0. The molecule has 6 nitrogen and oxygen atoms in total. The van der Waals surface area contributed by atoms with Gasteiger partial charge in [0, 0.05) is 50.7 Å². The molecule has 0 saturated carbocycles. The maximum absolute atomic E-state index is 12.4. The first kappa shape index (κ1) is 19.2. The average Bonchev–Trinajstić information content (AvgIpc) is 3.21. The number of morpholine rings is 1. The van der Waals surface area contributed by atoms with E-state index in [0.717, 1.165) is 44.8 Å². The Balaban J connectivity index is 1.30. The predicted molar refractivity (Wildman–Crippen MR) is 108 cm³/mol. The highest BCUT2D eigenvalue weighted by atomic mass is 16.5. The molecule has 0 N–H and O–H groups in total. The van der Waals surface area contributed by atoms with Gasteiger partial charge in [-0.15, -0.1) is 0 Å². The maximum Gasteiger partial charge on any atom is 0.222 e. The number of pyridine rings is 1. The van der Waals surface area contributed by atoms with Crippen molar-refractivity contribution in [2.45, 2.75) is 32.2 Å². The SMILES string of the molecule is O=C(CCC1CCCN(Cc2cccn2-c2cccnc2)C1)N1CCOCC1. The summed E-state index contributed by atoms with van der Waals surface area (Å²) in [5.41, 5.74) is 2.39. The van der Waals surface area contributed by atoms with Gasteiger partial charge in [0.1, 0.15) is 0 Å². The topological polar surface area (TPSA) is 50.6 Å². The van der Waals surface area contributed by atoms with Crippen LogP contribution in [0.1, 0.15) is 31.4 Å². The van der Waals surface area contributed by atoms with Crippen molar-refractivity contribution in [2.24, 2.45) is 5.92 Å². The van der Waals surface area contributed by atoms with Crippen molar-refractivity contribution >= 4 is 5.91 Å². The monoisotopic (exact) mass is 382 g/mol. The van der Waals surface area contributed by atoms with E-state index < -0.39 is 0 Å². The third-order valence-electron chi connectivity index (χ3n) is 5.88. The van der Waals surface area contributed by atoms with Gasteiger partial charge in [-0.1, -0.05) is 0 Å². The second-order valence-electron chi connectivity index (χ2n) is 7.86. The van der Waals surface area contributed by atoms with Gasteiger partial charge in [0.2, 0.25) is 5.91 Å². The summed E-state index contributed by atoms with van der Waals surface area (Å²) in [5, 5.41) is 0. The minimum Gasteiger partial charge on any atom is -0.378 e. The normalized spacial score (nSPS) is 21.0. The molecule has 2 aromatic heterocycles. The number of nitrogens with zero attached hydrogens (tertiary/aromatic N) is 4. The number of carbonyl (C=O) groups is 1. The number of hydrogen-bond acceptors (Lipinski definition) is 4. The number of piperidine rings is 1. The van der Waals surface area contributed by atoms with Crippen LogP contribution in [0, 0.1) is 5.92 Å². The van der Waals surface area contributed by atoms with Crippen LogP contribution in [-0.4, -0.2) is 64.7 Å². The van der Waals surface area contributed by atoms with E-state index in [1.165, 1.54) is 18.5 Å². The first-order valence-electron chi connectivity index (χ1n) is 10.4. The van der Waals surface area contributed by atoms with Gasteiger partial charge < -0.3 is 14.2 Å². The molecule has 2 aromatic rings. The Morgan fingerprint density at radius 3 is 2.89 bits per heavy atom. The fraction of sp³-hybridized carbons (Fsp3) is 0.545. The summed E-state index contributed by atoms with van der Waals surface area (Å²) < 4.78 is 7.56. The number of rotatable bonds is 6. The largest absolute Gasteiger partial charge is 0.378 e. The molecule has 0 radical (unpaired) electrons. The number of carbonyl (C=O) groups excluding carboxylic acids is 1. The molecule has 0 aliphatic carbocycles. The molecule has 1 atom stereocenters. The Bertz CT molecular complexity index is 755. The minimum atomic E-state index is 0.297. The van der Waals surface area contributed by atoms with Crippen LogP contribution in [0.15, 0.2) is 42.9 Å². The molecule has 2 aliphatic heterocycles. The van der Waals surface area contributed by atoms with Crippen molar-refractivity contribution in [1.29, 1.82) is 0 Å². The van der Waals surface area contributed by atoms with Crippen molar-refractivity contribution in [3.8, 4) is 5.69 Å². The second kappa shape index (κ2) is 9.34. The van der Waals surface area contributed by atoms with Gasteiger partial charge in [0.15, 0.2) is 0 Å². The van der Waals surface area contributed by atoms with E-state index >= 15 is 0 Å². The Labute approximate surface area is 167 Å².